The van der Waals surface area contributed by atoms with Gasteiger partial charge in [-0.15, -0.1) is 5.10 Å². The molecule has 0 amide bonds. The summed E-state index contributed by atoms with van der Waals surface area (Å²) in [5.41, 5.74) is 0.445. The zero-order chi connectivity index (χ0) is 17.8. The molecule has 0 atom stereocenters. The summed E-state index contributed by atoms with van der Waals surface area (Å²) in [7, 11) is 0. The summed E-state index contributed by atoms with van der Waals surface area (Å²) in [5.74, 6) is -0.142. The predicted molar refractivity (Wildman–Crippen MR) is 76.9 cm³/mol. The van der Waals surface area contributed by atoms with Crippen molar-refractivity contribution in [3.8, 4) is 11.4 Å². The fraction of sp³-hybridized carbons (Fsp3) is 0.333. The van der Waals surface area contributed by atoms with Crippen molar-refractivity contribution >= 4 is 6.08 Å². The number of rotatable bonds is 6. The summed E-state index contributed by atoms with van der Waals surface area (Å²) in [6.07, 6.45) is -4.10. The molecule has 9 heteroatoms. The number of hydrogen-bond donors (Lipinski definition) is 0. The topological polar surface area (TPSA) is 39.9 Å². The minimum atomic E-state index is -5.78. The van der Waals surface area contributed by atoms with E-state index < -0.39 is 18.0 Å². The SMILES string of the molecule is CCC/C=C/c1ncn(-c2ccc(OC(F)(F)C(F)(F)F)cc2)n1. The second kappa shape index (κ2) is 6.98. The van der Waals surface area contributed by atoms with Crippen LogP contribution in [0.4, 0.5) is 22.0 Å². The summed E-state index contributed by atoms with van der Waals surface area (Å²) < 4.78 is 67.0. The van der Waals surface area contributed by atoms with Gasteiger partial charge in [-0.25, -0.2) is 9.67 Å². The van der Waals surface area contributed by atoms with Gasteiger partial charge in [-0.2, -0.15) is 22.0 Å². The molecule has 0 unspecified atom stereocenters. The van der Waals surface area contributed by atoms with Crippen LogP contribution in [0.2, 0.25) is 0 Å². The molecule has 130 valence electrons. The van der Waals surface area contributed by atoms with Gasteiger partial charge in [-0.1, -0.05) is 19.4 Å². The van der Waals surface area contributed by atoms with E-state index in [4.69, 9.17) is 0 Å². The Morgan fingerprint density at radius 3 is 2.38 bits per heavy atom. The Kier molecular flexibility index (Phi) is 5.20. The quantitative estimate of drug-likeness (QED) is 0.716. The van der Waals surface area contributed by atoms with E-state index >= 15 is 0 Å². The molecule has 0 saturated carbocycles. The van der Waals surface area contributed by atoms with Crippen LogP contribution in [-0.2, 0) is 0 Å². The third-order valence-electron chi connectivity index (χ3n) is 2.91. The van der Waals surface area contributed by atoms with Crippen molar-refractivity contribution in [2.24, 2.45) is 0 Å². The summed E-state index contributed by atoms with van der Waals surface area (Å²) in [5, 5.41) is 4.15. The first kappa shape index (κ1) is 17.9. The summed E-state index contributed by atoms with van der Waals surface area (Å²) in [6, 6.07) is 4.61. The van der Waals surface area contributed by atoms with Gasteiger partial charge in [0.1, 0.15) is 12.1 Å². The highest BCUT2D eigenvalue weighted by Crippen LogP contribution is 2.37. The van der Waals surface area contributed by atoms with Crippen molar-refractivity contribution in [2.45, 2.75) is 32.1 Å². The lowest BCUT2D eigenvalue weighted by Gasteiger charge is -2.20. The molecule has 24 heavy (non-hydrogen) atoms. The number of hydrogen-bond acceptors (Lipinski definition) is 3. The maximum absolute atomic E-state index is 12.8. The van der Waals surface area contributed by atoms with Crippen LogP contribution < -0.4 is 4.74 Å². The third kappa shape index (κ3) is 4.30. The number of aromatic nitrogens is 3. The largest absolute Gasteiger partial charge is 0.499 e. The molecule has 0 aliphatic carbocycles. The number of unbranched alkanes of at least 4 members (excludes halogenated alkanes) is 1. The fourth-order valence-electron chi connectivity index (χ4n) is 1.70. The monoisotopic (exact) mass is 347 g/mol. The van der Waals surface area contributed by atoms with Crippen LogP contribution in [0.1, 0.15) is 25.6 Å². The minimum absolute atomic E-state index is 0.445. The molecule has 0 bridgehead atoms. The van der Waals surface area contributed by atoms with E-state index in [9.17, 15) is 22.0 Å². The van der Waals surface area contributed by atoms with Crippen LogP contribution in [-0.4, -0.2) is 27.0 Å². The lowest BCUT2D eigenvalue weighted by molar-refractivity contribution is -0.360. The van der Waals surface area contributed by atoms with Crippen molar-refractivity contribution in [2.75, 3.05) is 0 Å². The molecule has 1 heterocycles. The number of alkyl halides is 5. The van der Waals surface area contributed by atoms with E-state index in [1.54, 1.807) is 6.08 Å². The Morgan fingerprint density at radius 2 is 1.79 bits per heavy atom. The number of allylic oxidation sites excluding steroid dienone is 1. The van der Waals surface area contributed by atoms with Gasteiger partial charge in [0, 0.05) is 0 Å². The Bertz CT molecular complexity index is 692. The molecule has 0 fully saturated rings. The molecule has 0 N–H and O–H groups in total. The van der Waals surface area contributed by atoms with Crippen LogP contribution in [0.25, 0.3) is 11.8 Å². The summed E-state index contributed by atoms with van der Waals surface area (Å²) in [6.45, 7) is 2.03. The maximum atomic E-state index is 12.8. The minimum Gasteiger partial charge on any atom is -0.426 e. The zero-order valence-electron chi connectivity index (χ0n) is 12.6. The molecule has 4 nitrogen and oxygen atoms in total. The highest BCUT2D eigenvalue weighted by atomic mass is 19.4. The maximum Gasteiger partial charge on any atom is 0.499 e. The molecule has 0 saturated heterocycles. The van der Waals surface area contributed by atoms with Crippen molar-refractivity contribution in [3.63, 3.8) is 0 Å². The number of halogens is 5. The standard InChI is InChI=1S/C15H14F5N3O/c1-2-3-4-5-13-21-10-23(22-13)11-6-8-12(9-7-11)24-15(19,20)14(16,17)18/h4-10H,2-3H2,1H3/b5-4+. The van der Waals surface area contributed by atoms with E-state index in [1.165, 1.54) is 23.1 Å². The first-order chi connectivity index (χ1) is 11.2. The predicted octanol–water partition coefficient (Wildman–Crippen LogP) is 4.61. The third-order valence-corrected chi connectivity index (χ3v) is 2.91. The van der Waals surface area contributed by atoms with Gasteiger partial charge in [-0.05, 0) is 36.8 Å². The van der Waals surface area contributed by atoms with Gasteiger partial charge < -0.3 is 4.74 Å². The van der Waals surface area contributed by atoms with Gasteiger partial charge in [0.05, 0.1) is 5.69 Å². The smallest absolute Gasteiger partial charge is 0.426 e. The number of benzene rings is 1. The van der Waals surface area contributed by atoms with Gasteiger partial charge in [0.15, 0.2) is 5.82 Å². The molecule has 1 aromatic heterocycles. The van der Waals surface area contributed by atoms with Gasteiger partial charge in [0.25, 0.3) is 0 Å². The highest BCUT2D eigenvalue weighted by molar-refractivity contribution is 5.41. The van der Waals surface area contributed by atoms with Crippen molar-refractivity contribution in [1.29, 1.82) is 0 Å². The molecule has 0 aliphatic rings. The van der Waals surface area contributed by atoms with Crippen LogP contribution in [0.3, 0.4) is 0 Å². The molecule has 2 rings (SSSR count). The number of ether oxygens (including phenoxy) is 1. The Labute approximate surface area is 134 Å². The summed E-state index contributed by atoms with van der Waals surface area (Å²) >= 11 is 0. The Hall–Kier alpha value is -2.45. The van der Waals surface area contributed by atoms with Crippen LogP contribution >= 0.6 is 0 Å². The van der Waals surface area contributed by atoms with Crippen molar-refractivity contribution in [3.05, 3.63) is 42.5 Å². The number of nitrogens with zero attached hydrogens (tertiary/aromatic N) is 3. The van der Waals surface area contributed by atoms with Gasteiger partial charge in [0.2, 0.25) is 0 Å². The molecule has 2 aromatic rings. The van der Waals surface area contributed by atoms with E-state index in [0.717, 1.165) is 25.0 Å². The van der Waals surface area contributed by atoms with E-state index in [0.29, 0.717) is 11.5 Å². The highest BCUT2D eigenvalue weighted by Gasteiger charge is 2.61. The second-order valence-corrected chi connectivity index (χ2v) is 4.85. The van der Waals surface area contributed by atoms with Crippen molar-refractivity contribution in [1.82, 2.24) is 14.8 Å². The lowest BCUT2D eigenvalue weighted by atomic mass is 10.3. The van der Waals surface area contributed by atoms with Crippen molar-refractivity contribution < 1.29 is 26.7 Å². The molecule has 0 aliphatic heterocycles. The van der Waals surface area contributed by atoms with E-state index in [1.807, 2.05) is 13.0 Å². The molecular formula is C15H14F5N3O. The average Bonchev–Trinajstić information content (AvgIpc) is 2.95. The molecule has 0 spiro atoms. The second-order valence-electron chi connectivity index (χ2n) is 4.85. The average molecular weight is 347 g/mol. The van der Waals surface area contributed by atoms with Crippen LogP contribution in [0, 0.1) is 0 Å². The normalized spacial score (nSPS) is 12.8. The molecule has 1 aromatic carbocycles. The van der Waals surface area contributed by atoms with Crippen LogP contribution in [0.5, 0.6) is 5.75 Å². The summed E-state index contributed by atoms with van der Waals surface area (Å²) in [4.78, 5) is 4.04. The first-order valence-electron chi connectivity index (χ1n) is 7.05. The van der Waals surface area contributed by atoms with Gasteiger partial charge in [-0.3, -0.25) is 0 Å². The fourth-order valence-corrected chi connectivity index (χ4v) is 1.70. The zero-order valence-corrected chi connectivity index (χ0v) is 12.6. The Balaban J connectivity index is 2.10. The van der Waals surface area contributed by atoms with E-state index in [-0.39, 0.29) is 0 Å². The van der Waals surface area contributed by atoms with Crippen LogP contribution in [0.15, 0.2) is 36.7 Å². The first-order valence-corrected chi connectivity index (χ1v) is 7.05. The molecular weight excluding hydrogens is 333 g/mol. The lowest BCUT2D eigenvalue weighted by Crippen LogP contribution is -2.41. The molecule has 0 radical (unpaired) electrons. The Morgan fingerprint density at radius 1 is 1.12 bits per heavy atom. The van der Waals surface area contributed by atoms with E-state index in [2.05, 4.69) is 14.8 Å². The van der Waals surface area contributed by atoms with Gasteiger partial charge >= 0.3 is 12.3 Å².